The number of nitrogens with one attached hydrogen (secondary N) is 1. The molecule has 1 heterocycles. The van der Waals surface area contributed by atoms with Gasteiger partial charge in [-0.15, -0.1) is 12.4 Å². The van der Waals surface area contributed by atoms with Gasteiger partial charge in [0.2, 0.25) is 0 Å². The van der Waals surface area contributed by atoms with E-state index in [9.17, 15) is 13.2 Å². The predicted molar refractivity (Wildman–Crippen MR) is 136 cm³/mol. The van der Waals surface area contributed by atoms with E-state index in [1.165, 1.54) is 12.1 Å². The number of anilines is 1. The first-order valence-electron chi connectivity index (χ1n) is 11.2. The highest BCUT2D eigenvalue weighted by Gasteiger charge is 2.16. The second kappa shape index (κ2) is 11.7. The summed E-state index contributed by atoms with van der Waals surface area (Å²) in [6.45, 7) is 11.1. The highest BCUT2D eigenvalue weighted by atomic mass is 35.5. The molecule has 0 fully saturated rings. The molecule has 0 aliphatic carbocycles. The third kappa shape index (κ3) is 6.37. The summed E-state index contributed by atoms with van der Waals surface area (Å²) in [5.74, 6) is 0.715. The third-order valence-electron chi connectivity index (χ3n) is 5.77. The van der Waals surface area contributed by atoms with Crippen molar-refractivity contribution in [2.45, 2.75) is 45.4 Å². The Kier molecular flexibility index (Phi) is 9.52. The fourth-order valence-electron chi connectivity index (χ4n) is 3.87. The van der Waals surface area contributed by atoms with Gasteiger partial charge < -0.3 is 14.6 Å². The van der Waals surface area contributed by atoms with Crippen LogP contribution < -0.4 is 5.32 Å². The Morgan fingerprint density at radius 3 is 2.30 bits per heavy atom. The standard InChI is InChI=1S/C25H32N2O4S.ClH/c1-5-16-32(29,30)21-11-8-19(9-12-21)25(28)26-20-10-13-24-23(17-20)22(18(4)31-24)14-15-27(6-2)7-3;/h8-13,17H,5-7,14-16H2,1-4H3,(H,26,28);1H. The summed E-state index contributed by atoms with van der Waals surface area (Å²) in [5.41, 5.74) is 3.05. The Hall–Kier alpha value is -2.35. The second-order valence-corrected chi connectivity index (χ2v) is 10.0. The van der Waals surface area contributed by atoms with E-state index in [-0.39, 0.29) is 29.0 Å². The normalized spacial score (nSPS) is 11.5. The van der Waals surface area contributed by atoms with Gasteiger partial charge in [0.25, 0.3) is 5.91 Å². The summed E-state index contributed by atoms with van der Waals surface area (Å²) in [7, 11) is -3.30. The number of nitrogens with zero attached hydrogens (tertiary/aromatic N) is 1. The number of aryl methyl sites for hydroxylation is 1. The zero-order valence-corrected chi connectivity index (χ0v) is 21.3. The monoisotopic (exact) mass is 492 g/mol. The van der Waals surface area contributed by atoms with Crippen molar-refractivity contribution in [1.29, 1.82) is 0 Å². The van der Waals surface area contributed by atoms with Crippen LogP contribution in [0.2, 0.25) is 0 Å². The number of furan rings is 1. The quantitative estimate of drug-likeness (QED) is 0.405. The van der Waals surface area contributed by atoms with Gasteiger partial charge in [0.05, 0.1) is 10.6 Å². The molecule has 3 rings (SSSR count). The predicted octanol–water partition coefficient (Wildman–Crippen LogP) is 5.48. The number of hydrogen-bond acceptors (Lipinski definition) is 5. The first-order chi connectivity index (χ1) is 15.3. The van der Waals surface area contributed by atoms with Crippen LogP contribution in [0.3, 0.4) is 0 Å². The molecular weight excluding hydrogens is 460 g/mol. The fraction of sp³-hybridized carbons (Fsp3) is 0.400. The van der Waals surface area contributed by atoms with Gasteiger partial charge in [-0.05, 0) is 75.3 Å². The van der Waals surface area contributed by atoms with Crippen LogP contribution in [-0.2, 0) is 16.3 Å². The summed E-state index contributed by atoms with van der Waals surface area (Å²) in [6, 6.07) is 11.7. The molecule has 0 radical (unpaired) electrons. The number of benzene rings is 2. The van der Waals surface area contributed by atoms with Gasteiger partial charge in [-0.3, -0.25) is 4.79 Å². The van der Waals surface area contributed by atoms with Crippen molar-refractivity contribution >= 4 is 44.8 Å². The smallest absolute Gasteiger partial charge is 0.255 e. The number of sulfone groups is 1. The molecule has 0 spiro atoms. The van der Waals surface area contributed by atoms with Crippen LogP contribution in [0, 0.1) is 6.92 Å². The lowest BCUT2D eigenvalue weighted by Gasteiger charge is -2.17. The minimum absolute atomic E-state index is 0. The largest absolute Gasteiger partial charge is 0.461 e. The molecule has 1 amide bonds. The van der Waals surface area contributed by atoms with Gasteiger partial charge in [0.1, 0.15) is 11.3 Å². The Morgan fingerprint density at radius 1 is 1.03 bits per heavy atom. The maximum atomic E-state index is 12.7. The molecule has 2 aromatic carbocycles. The number of carbonyl (C=O) groups excluding carboxylic acids is 1. The topological polar surface area (TPSA) is 79.6 Å². The number of fused-ring (bicyclic) bond motifs is 1. The molecule has 0 atom stereocenters. The van der Waals surface area contributed by atoms with Crippen molar-refractivity contribution in [3.8, 4) is 0 Å². The molecule has 3 aromatic rings. The molecule has 1 N–H and O–H groups in total. The Labute approximate surface area is 202 Å². The number of amides is 1. The maximum Gasteiger partial charge on any atom is 0.255 e. The average molecular weight is 493 g/mol. The summed E-state index contributed by atoms with van der Waals surface area (Å²) >= 11 is 0. The molecule has 1 aromatic heterocycles. The van der Waals surface area contributed by atoms with Crippen LogP contribution in [0.4, 0.5) is 5.69 Å². The summed E-state index contributed by atoms with van der Waals surface area (Å²) in [4.78, 5) is 15.3. The highest BCUT2D eigenvalue weighted by molar-refractivity contribution is 7.91. The molecule has 0 bridgehead atoms. The molecule has 180 valence electrons. The Morgan fingerprint density at radius 2 is 1.70 bits per heavy atom. The van der Waals surface area contributed by atoms with Gasteiger partial charge in [-0.2, -0.15) is 0 Å². The van der Waals surface area contributed by atoms with E-state index in [0.29, 0.717) is 17.7 Å². The van der Waals surface area contributed by atoms with Crippen LogP contribution in [-0.4, -0.2) is 44.6 Å². The van der Waals surface area contributed by atoms with Crippen molar-refractivity contribution in [2.75, 3.05) is 30.7 Å². The lowest BCUT2D eigenvalue weighted by molar-refractivity contribution is 0.102. The highest BCUT2D eigenvalue weighted by Crippen LogP contribution is 2.29. The van der Waals surface area contributed by atoms with E-state index >= 15 is 0 Å². The molecule has 0 aliphatic rings. The van der Waals surface area contributed by atoms with Crippen LogP contribution >= 0.6 is 12.4 Å². The fourth-order valence-corrected chi connectivity index (χ4v) is 5.20. The van der Waals surface area contributed by atoms with E-state index in [0.717, 1.165) is 48.3 Å². The maximum absolute atomic E-state index is 12.7. The van der Waals surface area contributed by atoms with Crippen LogP contribution in [0.25, 0.3) is 11.0 Å². The van der Waals surface area contributed by atoms with Crippen LogP contribution in [0.5, 0.6) is 0 Å². The summed E-state index contributed by atoms with van der Waals surface area (Å²) in [6.07, 6.45) is 1.43. The molecule has 0 saturated carbocycles. The number of hydrogen-bond donors (Lipinski definition) is 1. The summed E-state index contributed by atoms with van der Waals surface area (Å²) in [5, 5.41) is 3.92. The van der Waals surface area contributed by atoms with Gasteiger partial charge in [0.15, 0.2) is 9.84 Å². The van der Waals surface area contributed by atoms with E-state index in [2.05, 4.69) is 24.1 Å². The van der Waals surface area contributed by atoms with Crippen molar-refractivity contribution < 1.29 is 17.6 Å². The zero-order chi connectivity index (χ0) is 23.3. The van der Waals surface area contributed by atoms with Crippen molar-refractivity contribution in [3.63, 3.8) is 0 Å². The minimum Gasteiger partial charge on any atom is -0.461 e. The van der Waals surface area contributed by atoms with Gasteiger partial charge in [-0.1, -0.05) is 20.8 Å². The number of carbonyl (C=O) groups is 1. The lowest BCUT2D eigenvalue weighted by atomic mass is 10.1. The lowest BCUT2D eigenvalue weighted by Crippen LogP contribution is -2.25. The first kappa shape index (κ1) is 26.9. The second-order valence-electron chi connectivity index (χ2n) is 7.92. The molecule has 6 nitrogen and oxygen atoms in total. The third-order valence-corrected chi connectivity index (χ3v) is 7.71. The van der Waals surface area contributed by atoms with Crippen molar-refractivity contribution in [3.05, 3.63) is 59.4 Å². The van der Waals surface area contributed by atoms with E-state index in [1.54, 1.807) is 12.1 Å². The zero-order valence-electron chi connectivity index (χ0n) is 19.7. The van der Waals surface area contributed by atoms with Crippen LogP contribution in [0.15, 0.2) is 51.8 Å². The SMILES string of the molecule is CCCS(=O)(=O)c1ccc(C(=O)Nc2ccc3oc(C)c(CCN(CC)CC)c3c2)cc1.Cl. The molecule has 0 aliphatic heterocycles. The van der Waals surface area contributed by atoms with E-state index in [4.69, 9.17) is 4.42 Å². The van der Waals surface area contributed by atoms with Gasteiger partial charge >= 0.3 is 0 Å². The molecule has 0 unspecified atom stereocenters. The minimum atomic E-state index is -3.30. The van der Waals surface area contributed by atoms with E-state index < -0.39 is 9.84 Å². The van der Waals surface area contributed by atoms with Crippen molar-refractivity contribution in [2.24, 2.45) is 0 Å². The van der Waals surface area contributed by atoms with Crippen LogP contribution in [0.1, 0.15) is 48.9 Å². The molecular formula is C25H33ClN2O4S. The molecule has 0 saturated heterocycles. The average Bonchev–Trinajstić information content (AvgIpc) is 3.09. The summed E-state index contributed by atoms with van der Waals surface area (Å²) < 4.78 is 30.3. The number of likely N-dealkylation sites (N-methyl/N-ethyl adjacent to an activating group) is 1. The Balaban J connectivity index is 0.00000385. The number of rotatable bonds is 10. The first-order valence-corrected chi connectivity index (χ1v) is 12.8. The van der Waals surface area contributed by atoms with Crippen molar-refractivity contribution in [1.82, 2.24) is 4.90 Å². The van der Waals surface area contributed by atoms with E-state index in [1.807, 2.05) is 32.0 Å². The molecule has 8 heteroatoms. The van der Waals surface area contributed by atoms with Gasteiger partial charge in [-0.25, -0.2) is 8.42 Å². The van der Waals surface area contributed by atoms with Gasteiger partial charge in [0, 0.05) is 28.7 Å². The Bertz CT molecular complexity index is 1180. The molecule has 33 heavy (non-hydrogen) atoms. The number of halogens is 1.